The Morgan fingerprint density at radius 1 is 1.21 bits per heavy atom. The van der Waals surface area contributed by atoms with Crippen LogP contribution in [0, 0.1) is 17.7 Å². The molecule has 4 nitrogen and oxygen atoms in total. The molecule has 1 N–H and O–H groups in total. The van der Waals surface area contributed by atoms with Crippen molar-refractivity contribution >= 4 is 11.8 Å². The first-order valence-electron chi connectivity index (χ1n) is 8.92. The first-order chi connectivity index (χ1) is 11.6. The van der Waals surface area contributed by atoms with Gasteiger partial charge in [0, 0.05) is 31.5 Å². The van der Waals surface area contributed by atoms with Gasteiger partial charge in [-0.3, -0.25) is 9.59 Å². The van der Waals surface area contributed by atoms with Gasteiger partial charge in [0.05, 0.1) is 0 Å². The van der Waals surface area contributed by atoms with Crippen molar-refractivity contribution < 1.29 is 14.0 Å². The van der Waals surface area contributed by atoms with Gasteiger partial charge in [0.25, 0.3) is 0 Å². The topological polar surface area (TPSA) is 49.4 Å². The van der Waals surface area contributed by atoms with Crippen molar-refractivity contribution in [3.05, 3.63) is 35.6 Å². The van der Waals surface area contributed by atoms with E-state index in [1.165, 1.54) is 12.1 Å². The van der Waals surface area contributed by atoms with Gasteiger partial charge in [-0.1, -0.05) is 19.1 Å². The van der Waals surface area contributed by atoms with Gasteiger partial charge in [0.15, 0.2) is 0 Å². The van der Waals surface area contributed by atoms with Crippen molar-refractivity contribution in [1.82, 2.24) is 10.2 Å². The molecule has 0 radical (unpaired) electrons. The number of carbonyl (C=O) groups is 2. The molecule has 1 aromatic rings. The number of piperidine rings is 1. The number of halogens is 1. The van der Waals surface area contributed by atoms with Gasteiger partial charge in [0.2, 0.25) is 11.8 Å². The lowest BCUT2D eigenvalue weighted by Crippen LogP contribution is -2.43. The van der Waals surface area contributed by atoms with Gasteiger partial charge in [-0.15, -0.1) is 0 Å². The van der Waals surface area contributed by atoms with Gasteiger partial charge in [0.1, 0.15) is 5.82 Å². The van der Waals surface area contributed by atoms with E-state index in [2.05, 4.69) is 5.32 Å². The number of benzene rings is 1. The van der Waals surface area contributed by atoms with Gasteiger partial charge in [-0.25, -0.2) is 4.39 Å². The molecule has 1 saturated carbocycles. The monoisotopic (exact) mass is 332 g/mol. The van der Waals surface area contributed by atoms with Crippen LogP contribution in [0.3, 0.4) is 0 Å². The minimum absolute atomic E-state index is 0.0286. The summed E-state index contributed by atoms with van der Waals surface area (Å²) in [6.07, 6.45) is 3.28. The van der Waals surface area contributed by atoms with Gasteiger partial charge >= 0.3 is 0 Å². The number of hydrogen-bond acceptors (Lipinski definition) is 2. The summed E-state index contributed by atoms with van der Waals surface area (Å²) in [6, 6.07) is 6.46. The van der Waals surface area contributed by atoms with Crippen LogP contribution in [0.5, 0.6) is 0 Å². The number of nitrogens with zero attached hydrogens (tertiary/aromatic N) is 1. The normalized spacial score (nSPS) is 23.8. The Bertz CT molecular complexity index is 594. The van der Waals surface area contributed by atoms with E-state index in [0.29, 0.717) is 13.1 Å². The summed E-state index contributed by atoms with van der Waals surface area (Å²) in [5.74, 6) is 0.360. The third-order valence-electron chi connectivity index (χ3n) is 5.13. The Labute approximate surface area is 142 Å². The molecule has 1 aromatic carbocycles. The Hall–Kier alpha value is -1.91. The van der Waals surface area contributed by atoms with Crippen LogP contribution in [0.25, 0.3) is 0 Å². The maximum Gasteiger partial charge on any atom is 0.226 e. The molecule has 3 rings (SSSR count). The van der Waals surface area contributed by atoms with E-state index in [-0.39, 0.29) is 35.4 Å². The highest BCUT2D eigenvalue weighted by molar-refractivity contribution is 5.84. The summed E-state index contributed by atoms with van der Waals surface area (Å²) < 4.78 is 13.0. The fourth-order valence-corrected chi connectivity index (χ4v) is 3.54. The van der Waals surface area contributed by atoms with Crippen molar-refractivity contribution in [1.29, 1.82) is 0 Å². The number of likely N-dealkylation sites (tertiary alicyclic amines) is 1. The molecule has 1 aliphatic heterocycles. The number of nitrogens with one attached hydrogen (secondary N) is 1. The molecule has 2 amide bonds. The molecule has 24 heavy (non-hydrogen) atoms. The first-order valence-corrected chi connectivity index (χ1v) is 8.92. The van der Waals surface area contributed by atoms with Crippen LogP contribution in [0.15, 0.2) is 24.3 Å². The second-order valence-electron chi connectivity index (χ2n) is 6.89. The van der Waals surface area contributed by atoms with E-state index in [1.54, 1.807) is 12.1 Å². The van der Waals surface area contributed by atoms with E-state index in [1.807, 2.05) is 11.8 Å². The molecule has 0 bridgehead atoms. The summed E-state index contributed by atoms with van der Waals surface area (Å²) in [4.78, 5) is 26.5. The van der Waals surface area contributed by atoms with Crippen molar-refractivity contribution in [3.63, 3.8) is 0 Å². The highest BCUT2D eigenvalue weighted by Crippen LogP contribution is 2.48. The van der Waals surface area contributed by atoms with E-state index >= 15 is 0 Å². The van der Waals surface area contributed by atoms with E-state index < -0.39 is 0 Å². The van der Waals surface area contributed by atoms with E-state index in [4.69, 9.17) is 0 Å². The summed E-state index contributed by atoms with van der Waals surface area (Å²) in [5, 5.41) is 2.94. The maximum absolute atomic E-state index is 13.0. The van der Waals surface area contributed by atoms with E-state index in [0.717, 1.165) is 37.8 Å². The molecular weight excluding hydrogens is 307 g/mol. The van der Waals surface area contributed by atoms with Crippen LogP contribution < -0.4 is 5.32 Å². The largest absolute Gasteiger partial charge is 0.356 e. The standard InChI is InChI=1S/C19H25FN2O2/c1-2-9-21-18(23)14-7-10-22(11-8-14)19(24)17-12-16(17)13-3-5-15(20)6-4-13/h3-6,14,16-17H,2,7-12H2,1H3,(H,21,23). The van der Waals surface area contributed by atoms with Crippen molar-refractivity contribution in [2.24, 2.45) is 11.8 Å². The Kier molecular flexibility index (Phi) is 5.17. The highest BCUT2D eigenvalue weighted by Gasteiger charge is 2.46. The van der Waals surface area contributed by atoms with Crippen LogP contribution in [-0.2, 0) is 9.59 Å². The molecule has 2 aliphatic rings. The molecule has 0 spiro atoms. The molecule has 0 aromatic heterocycles. The molecule has 2 atom stereocenters. The lowest BCUT2D eigenvalue weighted by molar-refractivity contribution is -0.136. The number of carbonyl (C=O) groups excluding carboxylic acids is 2. The summed E-state index contributed by atoms with van der Waals surface area (Å²) in [6.45, 7) is 4.08. The number of rotatable bonds is 5. The summed E-state index contributed by atoms with van der Waals surface area (Å²) in [5.41, 5.74) is 1.04. The van der Waals surface area contributed by atoms with Crippen LogP contribution in [0.1, 0.15) is 44.1 Å². The van der Waals surface area contributed by atoms with Gasteiger partial charge < -0.3 is 10.2 Å². The average molecular weight is 332 g/mol. The average Bonchev–Trinajstić information content (AvgIpc) is 3.40. The molecule has 5 heteroatoms. The van der Waals surface area contributed by atoms with Gasteiger partial charge in [-0.2, -0.15) is 0 Å². The Morgan fingerprint density at radius 2 is 1.88 bits per heavy atom. The van der Waals surface area contributed by atoms with E-state index in [9.17, 15) is 14.0 Å². The quantitative estimate of drug-likeness (QED) is 0.901. The number of hydrogen-bond donors (Lipinski definition) is 1. The molecule has 2 fully saturated rings. The minimum atomic E-state index is -0.245. The second kappa shape index (κ2) is 7.32. The minimum Gasteiger partial charge on any atom is -0.356 e. The van der Waals surface area contributed by atoms with Crippen molar-refractivity contribution in [2.75, 3.05) is 19.6 Å². The SMILES string of the molecule is CCCNC(=O)C1CCN(C(=O)C2CC2c2ccc(F)cc2)CC1. The zero-order chi connectivity index (χ0) is 17.1. The van der Waals surface area contributed by atoms with Crippen LogP contribution in [-0.4, -0.2) is 36.3 Å². The molecule has 2 unspecified atom stereocenters. The van der Waals surface area contributed by atoms with Gasteiger partial charge in [-0.05, 0) is 49.3 Å². The summed E-state index contributed by atoms with van der Waals surface area (Å²) >= 11 is 0. The smallest absolute Gasteiger partial charge is 0.226 e. The molecule has 1 heterocycles. The molecule has 1 saturated heterocycles. The van der Waals surface area contributed by atoms with Crippen molar-refractivity contribution in [3.8, 4) is 0 Å². The second-order valence-corrected chi connectivity index (χ2v) is 6.89. The van der Waals surface area contributed by atoms with Crippen molar-refractivity contribution in [2.45, 2.75) is 38.5 Å². The summed E-state index contributed by atoms with van der Waals surface area (Å²) in [7, 11) is 0. The predicted octanol–water partition coefficient (Wildman–Crippen LogP) is 2.69. The Morgan fingerprint density at radius 3 is 2.50 bits per heavy atom. The van der Waals surface area contributed by atoms with Crippen LogP contribution >= 0.6 is 0 Å². The van der Waals surface area contributed by atoms with Crippen LogP contribution in [0.4, 0.5) is 4.39 Å². The molecule has 130 valence electrons. The predicted molar refractivity (Wildman–Crippen MR) is 89.9 cm³/mol. The zero-order valence-corrected chi connectivity index (χ0v) is 14.1. The number of amides is 2. The molecular formula is C19H25FN2O2. The third kappa shape index (κ3) is 3.77. The third-order valence-corrected chi connectivity index (χ3v) is 5.13. The molecule has 1 aliphatic carbocycles. The highest BCUT2D eigenvalue weighted by atomic mass is 19.1. The Balaban J connectivity index is 1.48. The lowest BCUT2D eigenvalue weighted by atomic mass is 9.95. The zero-order valence-electron chi connectivity index (χ0n) is 14.1. The lowest BCUT2D eigenvalue weighted by Gasteiger charge is -2.31. The fraction of sp³-hybridized carbons (Fsp3) is 0.579. The first kappa shape index (κ1) is 16.9. The maximum atomic E-state index is 13.0. The fourth-order valence-electron chi connectivity index (χ4n) is 3.54. The van der Waals surface area contributed by atoms with Crippen LogP contribution in [0.2, 0.25) is 0 Å².